The van der Waals surface area contributed by atoms with Gasteiger partial charge in [0.25, 0.3) is 0 Å². The van der Waals surface area contributed by atoms with Crippen LogP contribution in [0.2, 0.25) is 0 Å². The molecule has 18 heavy (non-hydrogen) atoms. The van der Waals surface area contributed by atoms with Crippen molar-refractivity contribution >= 4 is 42.8 Å². The first-order valence-corrected chi connectivity index (χ1v) is 7.73. The summed E-state index contributed by atoms with van der Waals surface area (Å²) in [5.74, 6) is 1.49. The number of nitrogens with one attached hydrogen (secondary N) is 1. The minimum atomic E-state index is 0.257. The maximum absolute atomic E-state index is 6.00. The molecule has 0 radical (unpaired) electrons. The van der Waals surface area contributed by atoms with Crippen molar-refractivity contribution in [3.05, 3.63) is 32.9 Å². The van der Waals surface area contributed by atoms with Gasteiger partial charge in [-0.15, -0.1) is 0 Å². The molecule has 1 unspecified atom stereocenters. The third kappa shape index (κ3) is 2.81. The summed E-state index contributed by atoms with van der Waals surface area (Å²) < 4.78 is 8.04. The third-order valence-electron chi connectivity index (χ3n) is 2.95. The molecule has 2 rings (SSSR count). The van der Waals surface area contributed by atoms with Gasteiger partial charge in [-0.05, 0) is 46.6 Å². The fourth-order valence-corrected chi connectivity index (χ4v) is 3.47. The summed E-state index contributed by atoms with van der Waals surface area (Å²) in [6, 6.07) is 6.47. The second-order valence-corrected chi connectivity index (χ2v) is 6.50. The van der Waals surface area contributed by atoms with Crippen molar-refractivity contribution in [2.75, 3.05) is 6.54 Å². The van der Waals surface area contributed by atoms with Gasteiger partial charge in [0, 0.05) is 9.86 Å². The number of rotatable bonds is 4. The molecule has 1 aromatic carbocycles. The average molecular weight is 375 g/mol. The van der Waals surface area contributed by atoms with Crippen LogP contribution in [0.25, 0.3) is 11.0 Å². The summed E-state index contributed by atoms with van der Waals surface area (Å²) in [4.78, 5) is 0. The number of hydrogen-bond donors (Lipinski definition) is 1. The predicted molar refractivity (Wildman–Crippen MR) is 82.9 cm³/mol. The zero-order valence-corrected chi connectivity index (χ0v) is 13.9. The molecule has 0 aliphatic carbocycles. The van der Waals surface area contributed by atoms with Gasteiger partial charge in [0.05, 0.1) is 10.5 Å². The van der Waals surface area contributed by atoms with Crippen LogP contribution in [-0.4, -0.2) is 6.54 Å². The molecule has 0 aliphatic rings. The highest BCUT2D eigenvalue weighted by Crippen LogP contribution is 2.34. The Labute approximate surface area is 124 Å². The van der Waals surface area contributed by atoms with E-state index in [9.17, 15) is 0 Å². The Morgan fingerprint density at radius 2 is 1.94 bits per heavy atom. The molecule has 0 amide bonds. The van der Waals surface area contributed by atoms with Gasteiger partial charge in [0.2, 0.25) is 0 Å². The van der Waals surface area contributed by atoms with E-state index < -0.39 is 0 Å². The largest absolute Gasteiger partial charge is 0.458 e. The van der Waals surface area contributed by atoms with Crippen molar-refractivity contribution in [1.82, 2.24) is 5.32 Å². The Bertz CT molecular complexity index is 548. The molecule has 1 N–H and O–H groups in total. The molecule has 0 spiro atoms. The topological polar surface area (TPSA) is 25.2 Å². The molecular weight excluding hydrogens is 358 g/mol. The molecule has 2 nitrogen and oxygen atoms in total. The zero-order valence-electron chi connectivity index (χ0n) is 10.8. The lowest BCUT2D eigenvalue weighted by Crippen LogP contribution is -2.24. The minimum absolute atomic E-state index is 0.257. The fraction of sp³-hybridized carbons (Fsp3) is 0.429. The molecule has 2 aromatic rings. The molecule has 98 valence electrons. The van der Waals surface area contributed by atoms with Crippen LogP contribution in [0, 0.1) is 5.92 Å². The highest BCUT2D eigenvalue weighted by atomic mass is 79.9. The molecule has 0 bridgehead atoms. The molecule has 1 heterocycles. The number of furan rings is 1. The van der Waals surface area contributed by atoms with E-state index in [0.29, 0.717) is 5.92 Å². The van der Waals surface area contributed by atoms with Crippen LogP contribution in [0.15, 0.2) is 31.6 Å². The summed E-state index contributed by atoms with van der Waals surface area (Å²) in [5, 5.41) is 4.59. The van der Waals surface area contributed by atoms with Gasteiger partial charge in [-0.1, -0.05) is 36.7 Å². The monoisotopic (exact) mass is 373 g/mol. The standard InChI is InChI=1S/C14H17Br2NO/c1-4-17-13(8(2)3)12-6-9-5-10(15)7-11(16)14(9)18-12/h5-8,13,17H,4H2,1-3H3. The van der Waals surface area contributed by atoms with Gasteiger partial charge in [0.15, 0.2) is 0 Å². The molecule has 4 heteroatoms. The van der Waals surface area contributed by atoms with Crippen LogP contribution >= 0.6 is 31.9 Å². The number of benzene rings is 1. The molecular formula is C14H17Br2NO. The molecule has 1 aromatic heterocycles. The van der Waals surface area contributed by atoms with Crippen molar-refractivity contribution in [3.8, 4) is 0 Å². The van der Waals surface area contributed by atoms with Crippen molar-refractivity contribution in [2.24, 2.45) is 5.92 Å². The fourth-order valence-electron chi connectivity index (χ4n) is 2.13. The van der Waals surface area contributed by atoms with Crippen LogP contribution in [0.4, 0.5) is 0 Å². The van der Waals surface area contributed by atoms with Crippen LogP contribution in [-0.2, 0) is 0 Å². The van der Waals surface area contributed by atoms with Crippen LogP contribution in [0.5, 0.6) is 0 Å². The lowest BCUT2D eigenvalue weighted by atomic mass is 10.0. The first kappa shape index (κ1) is 14.1. The van der Waals surface area contributed by atoms with Crippen LogP contribution < -0.4 is 5.32 Å². The number of halogens is 2. The third-order valence-corrected chi connectivity index (χ3v) is 4.00. The van der Waals surface area contributed by atoms with E-state index in [2.05, 4.69) is 70.1 Å². The second-order valence-electron chi connectivity index (χ2n) is 4.73. The first-order valence-electron chi connectivity index (χ1n) is 6.14. The number of hydrogen-bond acceptors (Lipinski definition) is 2. The second kappa shape index (κ2) is 5.76. The van der Waals surface area contributed by atoms with Gasteiger partial charge < -0.3 is 9.73 Å². The molecule has 1 atom stereocenters. The van der Waals surface area contributed by atoms with E-state index in [4.69, 9.17) is 4.42 Å². The summed E-state index contributed by atoms with van der Waals surface area (Å²) in [6.45, 7) is 7.45. The molecule has 0 saturated heterocycles. The van der Waals surface area contributed by atoms with Crippen molar-refractivity contribution in [2.45, 2.75) is 26.8 Å². The van der Waals surface area contributed by atoms with Gasteiger partial charge in [0.1, 0.15) is 11.3 Å². The Kier molecular flexibility index (Phi) is 4.51. The van der Waals surface area contributed by atoms with E-state index in [1.54, 1.807) is 0 Å². The maximum atomic E-state index is 6.00. The van der Waals surface area contributed by atoms with E-state index in [1.807, 2.05) is 6.07 Å². The maximum Gasteiger partial charge on any atom is 0.148 e. The van der Waals surface area contributed by atoms with E-state index in [0.717, 1.165) is 32.2 Å². The van der Waals surface area contributed by atoms with E-state index in [1.165, 1.54) is 0 Å². The quantitative estimate of drug-likeness (QED) is 0.788. The van der Waals surface area contributed by atoms with Gasteiger partial charge in [-0.3, -0.25) is 0 Å². The molecule has 0 fully saturated rings. The molecule has 0 saturated carbocycles. The first-order chi connectivity index (χ1) is 8.52. The Morgan fingerprint density at radius 1 is 1.22 bits per heavy atom. The Morgan fingerprint density at radius 3 is 2.56 bits per heavy atom. The average Bonchev–Trinajstić information content (AvgIpc) is 2.68. The zero-order chi connectivity index (χ0) is 13.3. The normalized spacial score (nSPS) is 13.4. The van der Waals surface area contributed by atoms with Crippen LogP contribution in [0.1, 0.15) is 32.6 Å². The molecule has 0 aliphatic heterocycles. The predicted octanol–water partition coefficient (Wildman–Crippen LogP) is 5.26. The summed E-state index contributed by atoms with van der Waals surface area (Å²) in [6.07, 6.45) is 0. The van der Waals surface area contributed by atoms with Crippen LogP contribution in [0.3, 0.4) is 0 Å². The van der Waals surface area contributed by atoms with Gasteiger partial charge in [-0.25, -0.2) is 0 Å². The van der Waals surface area contributed by atoms with E-state index >= 15 is 0 Å². The summed E-state index contributed by atoms with van der Waals surface area (Å²) in [5.41, 5.74) is 0.914. The van der Waals surface area contributed by atoms with Crippen molar-refractivity contribution in [3.63, 3.8) is 0 Å². The van der Waals surface area contributed by atoms with Crippen molar-refractivity contribution in [1.29, 1.82) is 0 Å². The van der Waals surface area contributed by atoms with Crippen molar-refractivity contribution < 1.29 is 4.42 Å². The number of fused-ring (bicyclic) bond motifs is 1. The SMILES string of the molecule is CCNC(c1cc2cc(Br)cc(Br)c2o1)C(C)C. The highest BCUT2D eigenvalue weighted by Gasteiger charge is 2.19. The lowest BCUT2D eigenvalue weighted by Gasteiger charge is -2.19. The highest BCUT2D eigenvalue weighted by molar-refractivity contribution is 9.11. The summed E-state index contributed by atoms with van der Waals surface area (Å²) in [7, 11) is 0. The summed E-state index contributed by atoms with van der Waals surface area (Å²) >= 11 is 7.04. The lowest BCUT2D eigenvalue weighted by molar-refractivity contribution is 0.356. The minimum Gasteiger partial charge on any atom is -0.458 e. The van der Waals surface area contributed by atoms with E-state index in [-0.39, 0.29) is 6.04 Å². The Balaban J connectivity index is 2.48. The Hall–Kier alpha value is -0.320. The van der Waals surface area contributed by atoms with Gasteiger partial charge >= 0.3 is 0 Å². The van der Waals surface area contributed by atoms with Gasteiger partial charge in [-0.2, -0.15) is 0 Å². The smallest absolute Gasteiger partial charge is 0.148 e.